The molecule has 2 aromatic rings. The normalized spacial score (nSPS) is 14.1. The van der Waals surface area contributed by atoms with Gasteiger partial charge in [-0.3, -0.25) is 14.9 Å². The molecule has 26 heavy (non-hydrogen) atoms. The number of nitro groups is 1. The number of piperidine rings is 1. The number of carbonyl (C=O) groups is 1. The van der Waals surface area contributed by atoms with Crippen LogP contribution in [0.4, 0.5) is 11.5 Å². The lowest BCUT2D eigenvalue weighted by Gasteiger charge is -2.28. The average Bonchev–Trinajstić information content (AvgIpc) is 2.66. The Morgan fingerprint density at radius 3 is 2.73 bits per heavy atom. The molecule has 0 saturated carbocycles. The molecular weight excluding hydrogens is 334 g/mol. The first kappa shape index (κ1) is 17.8. The van der Waals surface area contributed by atoms with Crippen LogP contribution in [0.1, 0.15) is 41.1 Å². The third-order valence-corrected chi connectivity index (χ3v) is 4.29. The van der Waals surface area contributed by atoms with Crippen molar-refractivity contribution in [2.24, 2.45) is 0 Å². The molecule has 3 rings (SSSR count). The number of amides is 1. The molecule has 1 saturated heterocycles. The van der Waals surface area contributed by atoms with Crippen molar-refractivity contribution in [2.45, 2.75) is 32.7 Å². The highest BCUT2D eigenvalue weighted by Crippen LogP contribution is 2.18. The number of carbonyl (C=O) groups excluding carboxylic acids is 1. The van der Waals surface area contributed by atoms with Crippen LogP contribution in [0.5, 0.6) is 0 Å². The van der Waals surface area contributed by atoms with Crippen LogP contribution in [0.25, 0.3) is 0 Å². The number of aromatic nitrogens is 2. The van der Waals surface area contributed by atoms with Gasteiger partial charge in [0.05, 0.1) is 11.5 Å². The van der Waals surface area contributed by atoms with Gasteiger partial charge in [0.25, 0.3) is 11.6 Å². The van der Waals surface area contributed by atoms with Gasteiger partial charge >= 0.3 is 0 Å². The predicted octanol–water partition coefficient (Wildman–Crippen LogP) is 2.61. The van der Waals surface area contributed by atoms with Crippen molar-refractivity contribution >= 4 is 17.4 Å². The van der Waals surface area contributed by atoms with E-state index in [0.29, 0.717) is 5.82 Å². The maximum absolute atomic E-state index is 12.3. The number of hydrogen-bond acceptors (Lipinski definition) is 6. The van der Waals surface area contributed by atoms with Crippen molar-refractivity contribution in [1.29, 1.82) is 0 Å². The molecule has 1 aromatic heterocycles. The molecule has 0 aliphatic carbocycles. The number of nitrogens with one attached hydrogen (secondary N) is 1. The van der Waals surface area contributed by atoms with Crippen molar-refractivity contribution < 1.29 is 9.72 Å². The summed E-state index contributed by atoms with van der Waals surface area (Å²) in [4.78, 5) is 33.8. The van der Waals surface area contributed by atoms with Gasteiger partial charge in [0.2, 0.25) is 0 Å². The number of nitrogens with zero attached hydrogens (tertiary/aromatic N) is 4. The van der Waals surface area contributed by atoms with Gasteiger partial charge in [0.1, 0.15) is 11.6 Å². The Balaban J connectivity index is 1.69. The number of nitro benzene ring substituents is 1. The molecule has 0 spiro atoms. The van der Waals surface area contributed by atoms with Crippen molar-refractivity contribution in [1.82, 2.24) is 15.3 Å². The van der Waals surface area contributed by atoms with Crippen LogP contribution in [-0.2, 0) is 6.54 Å². The Morgan fingerprint density at radius 2 is 2.00 bits per heavy atom. The van der Waals surface area contributed by atoms with Crippen molar-refractivity contribution in [3.63, 3.8) is 0 Å². The number of non-ortho nitro benzene ring substituents is 1. The zero-order chi connectivity index (χ0) is 18.5. The molecule has 0 radical (unpaired) electrons. The Bertz CT molecular complexity index is 818. The van der Waals surface area contributed by atoms with E-state index in [2.05, 4.69) is 20.2 Å². The highest BCUT2D eigenvalue weighted by molar-refractivity contribution is 5.94. The van der Waals surface area contributed by atoms with E-state index in [1.807, 2.05) is 13.0 Å². The number of anilines is 1. The standard InChI is InChI=1S/C18H21N5O3/c1-13-10-17(22-8-3-2-4-9-22)21-16(20-13)12-19-18(24)14-6-5-7-15(11-14)23(25)26/h5-7,10-11H,2-4,8-9,12H2,1H3,(H,19,24). The Hall–Kier alpha value is -3.03. The van der Waals surface area contributed by atoms with Gasteiger partial charge in [-0.15, -0.1) is 0 Å². The number of rotatable bonds is 5. The largest absolute Gasteiger partial charge is 0.357 e. The molecule has 1 N–H and O–H groups in total. The Kier molecular flexibility index (Phi) is 5.40. The second-order valence-electron chi connectivity index (χ2n) is 6.32. The van der Waals surface area contributed by atoms with Crippen molar-refractivity contribution in [3.05, 3.63) is 57.5 Å². The third kappa shape index (κ3) is 4.33. The summed E-state index contributed by atoms with van der Waals surface area (Å²) in [6.07, 6.45) is 3.55. The molecule has 0 unspecified atom stereocenters. The van der Waals surface area contributed by atoms with E-state index < -0.39 is 10.8 Å². The first-order valence-corrected chi connectivity index (χ1v) is 8.65. The molecule has 8 heteroatoms. The van der Waals surface area contributed by atoms with Crippen LogP contribution in [0, 0.1) is 17.0 Å². The Labute approximate surface area is 151 Å². The summed E-state index contributed by atoms with van der Waals surface area (Å²) in [5.74, 6) is 1.03. The number of hydrogen-bond donors (Lipinski definition) is 1. The second kappa shape index (κ2) is 7.90. The summed E-state index contributed by atoms with van der Waals surface area (Å²) < 4.78 is 0. The molecule has 1 aromatic carbocycles. The summed E-state index contributed by atoms with van der Waals surface area (Å²) in [6, 6.07) is 7.59. The zero-order valence-corrected chi connectivity index (χ0v) is 14.6. The molecule has 136 valence electrons. The van der Waals surface area contributed by atoms with Crippen LogP contribution >= 0.6 is 0 Å². The van der Waals surface area contributed by atoms with E-state index >= 15 is 0 Å². The maximum atomic E-state index is 12.3. The van der Waals surface area contributed by atoms with Crippen molar-refractivity contribution in [3.8, 4) is 0 Å². The minimum absolute atomic E-state index is 0.114. The van der Waals surface area contributed by atoms with E-state index in [4.69, 9.17) is 0 Å². The van der Waals surface area contributed by atoms with E-state index in [9.17, 15) is 14.9 Å². The van der Waals surface area contributed by atoms with Gasteiger partial charge in [0, 0.05) is 42.5 Å². The molecule has 1 fully saturated rings. The highest BCUT2D eigenvalue weighted by Gasteiger charge is 2.15. The van der Waals surface area contributed by atoms with Gasteiger partial charge in [0.15, 0.2) is 0 Å². The van der Waals surface area contributed by atoms with Crippen LogP contribution in [0.15, 0.2) is 30.3 Å². The van der Waals surface area contributed by atoms with Gasteiger partial charge < -0.3 is 10.2 Å². The molecular formula is C18H21N5O3. The van der Waals surface area contributed by atoms with Crippen LogP contribution < -0.4 is 10.2 Å². The van der Waals surface area contributed by atoms with E-state index in [-0.39, 0.29) is 17.8 Å². The van der Waals surface area contributed by atoms with Gasteiger partial charge in [-0.2, -0.15) is 0 Å². The highest BCUT2D eigenvalue weighted by atomic mass is 16.6. The third-order valence-electron chi connectivity index (χ3n) is 4.29. The molecule has 2 heterocycles. The topological polar surface area (TPSA) is 101 Å². The fourth-order valence-corrected chi connectivity index (χ4v) is 3.00. The monoisotopic (exact) mass is 355 g/mol. The average molecular weight is 355 g/mol. The first-order chi connectivity index (χ1) is 12.5. The van der Waals surface area contributed by atoms with Gasteiger partial charge in [-0.05, 0) is 32.3 Å². The number of benzene rings is 1. The van der Waals surface area contributed by atoms with E-state index in [0.717, 1.165) is 37.4 Å². The van der Waals surface area contributed by atoms with Crippen LogP contribution in [0.2, 0.25) is 0 Å². The summed E-state index contributed by atoms with van der Waals surface area (Å²) in [5, 5.41) is 13.6. The van der Waals surface area contributed by atoms with E-state index in [1.165, 1.54) is 24.6 Å². The molecule has 1 aliphatic rings. The smallest absolute Gasteiger partial charge is 0.270 e. The fourth-order valence-electron chi connectivity index (χ4n) is 3.00. The van der Waals surface area contributed by atoms with Gasteiger partial charge in [-0.1, -0.05) is 6.07 Å². The summed E-state index contributed by atoms with van der Waals surface area (Å²) in [5.41, 5.74) is 0.972. The summed E-state index contributed by atoms with van der Waals surface area (Å²) >= 11 is 0. The minimum atomic E-state index is -0.522. The molecule has 0 bridgehead atoms. The Morgan fingerprint density at radius 1 is 1.23 bits per heavy atom. The molecule has 1 aliphatic heterocycles. The number of aryl methyl sites for hydroxylation is 1. The van der Waals surface area contributed by atoms with Crippen molar-refractivity contribution in [2.75, 3.05) is 18.0 Å². The molecule has 1 amide bonds. The fraction of sp³-hybridized carbons (Fsp3) is 0.389. The SMILES string of the molecule is Cc1cc(N2CCCCC2)nc(CNC(=O)c2cccc([N+](=O)[O-])c2)n1. The molecule has 0 atom stereocenters. The van der Waals surface area contributed by atoms with E-state index in [1.54, 1.807) is 6.07 Å². The quantitative estimate of drug-likeness (QED) is 0.653. The first-order valence-electron chi connectivity index (χ1n) is 8.65. The lowest BCUT2D eigenvalue weighted by Crippen LogP contribution is -2.31. The van der Waals surface area contributed by atoms with Crippen LogP contribution in [-0.4, -0.2) is 33.9 Å². The zero-order valence-electron chi connectivity index (χ0n) is 14.6. The second-order valence-corrected chi connectivity index (χ2v) is 6.32. The maximum Gasteiger partial charge on any atom is 0.270 e. The molecule has 8 nitrogen and oxygen atoms in total. The van der Waals surface area contributed by atoms with Gasteiger partial charge in [-0.25, -0.2) is 9.97 Å². The lowest BCUT2D eigenvalue weighted by atomic mass is 10.1. The summed E-state index contributed by atoms with van der Waals surface area (Å²) in [7, 11) is 0. The lowest BCUT2D eigenvalue weighted by molar-refractivity contribution is -0.384. The summed E-state index contributed by atoms with van der Waals surface area (Å²) in [6.45, 7) is 4.04. The minimum Gasteiger partial charge on any atom is -0.357 e. The predicted molar refractivity (Wildman–Crippen MR) is 97.1 cm³/mol. The van der Waals surface area contributed by atoms with Crippen LogP contribution in [0.3, 0.4) is 0 Å².